The van der Waals surface area contributed by atoms with Gasteiger partial charge in [0, 0.05) is 10.9 Å². The molecule has 0 radical (unpaired) electrons. The fourth-order valence-corrected chi connectivity index (χ4v) is 3.73. The van der Waals surface area contributed by atoms with Crippen LogP contribution in [0.15, 0.2) is 30.3 Å². The molecular formula is C19H29NOS. The normalized spacial score (nSPS) is 17.7. The summed E-state index contributed by atoms with van der Waals surface area (Å²) >= 11 is 1.85. The van der Waals surface area contributed by atoms with Crippen LogP contribution in [0.25, 0.3) is 4.91 Å². The van der Waals surface area contributed by atoms with Crippen LogP contribution in [0, 0.1) is 0 Å². The topological polar surface area (TPSA) is 12.5 Å². The first kappa shape index (κ1) is 17.4. The van der Waals surface area contributed by atoms with Gasteiger partial charge in [-0.1, -0.05) is 38.0 Å². The lowest BCUT2D eigenvalue weighted by molar-refractivity contribution is 0.268. The Morgan fingerprint density at radius 3 is 2.50 bits per heavy atom. The van der Waals surface area contributed by atoms with Gasteiger partial charge in [-0.15, -0.1) is 11.8 Å². The lowest BCUT2D eigenvalue weighted by Crippen LogP contribution is -2.31. The quantitative estimate of drug-likeness (QED) is 0.665. The van der Waals surface area contributed by atoms with E-state index in [1.54, 1.807) is 7.11 Å². The number of benzene rings is 1. The van der Waals surface area contributed by atoms with Gasteiger partial charge in [0.15, 0.2) is 0 Å². The van der Waals surface area contributed by atoms with Gasteiger partial charge >= 0.3 is 0 Å². The summed E-state index contributed by atoms with van der Waals surface area (Å²) in [6.45, 7) is 4.80. The van der Waals surface area contributed by atoms with Gasteiger partial charge in [0.25, 0.3) is 0 Å². The van der Waals surface area contributed by atoms with Gasteiger partial charge in [0.2, 0.25) is 0 Å². The minimum Gasteiger partial charge on any atom is -0.497 e. The van der Waals surface area contributed by atoms with Crippen molar-refractivity contribution >= 4 is 16.7 Å². The van der Waals surface area contributed by atoms with Crippen molar-refractivity contribution in [3.05, 3.63) is 35.9 Å². The Balaban J connectivity index is 2.17. The van der Waals surface area contributed by atoms with E-state index in [9.17, 15) is 0 Å². The highest BCUT2D eigenvalue weighted by Gasteiger charge is 2.20. The lowest BCUT2D eigenvalue weighted by atomic mass is 10.1. The zero-order valence-corrected chi connectivity index (χ0v) is 15.0. The van der Waals surface area contributed by atoms with E-state index in [0.717, 1.165) is 5.75 Å². The van der Waals surface area contributed by atoms with E-state index in [4.69, 9.17) is 4.74 Å². The Labute approximate surface area is 139 Å². The summed E-state index contributed by atoms with van der Waals surface area (Å²) in [5.41, 5.74) is 1.30. The maximum Gasteiger partial charge on any atom is 0.118 e. The first-order valence-electron chi connectivity index (χ1n) is 8.42. The van der Waals surface area contributed by atoms with Crippen LogP contribution in [0.1, 0.15) is 44.6 Å². The summed E-state index contributed by atoms with van der Waals surface area (Å²) in [5, 5.41) is 0. The number of hydrogen-bond donors (Lipinski definition) is 0. The molecule has 2 nitrogen and oxygen atoms in total. The molecule has 1 unspecified atom stereocenters. The van der Waals surface area contributed by atoms with E-state index in [0.29, 0.717) is 6.04 Å². The SMILES string of the molecule is CCCCC(/C=C(\SC)c1ccc(OC)cc1)N1CCCC1. The summed E-state index contributed by atoms with van der Waals surface area (Å²) in [7, 11) is 1.72. The number of methoxy groups -OCH3 is 1. The number of likely N-dealkylation sites (tertiary alicyclic amines) is 1. The van der Waals surface area contributed by atoms with Crippen molar-refractivity contribution in [2.75, 3.05) is 26.5 Å². The van der Waals surface area contributed by atoms with Crippen molar-refractivity contribution in [3.63, 3.8) is 0 Å². The molecule has 1 aromatic rings. The Morgan fingerprint density at radius 1 is 1.27 bits per heavy atom. The molecule has 0 amide bonds. The van der Waals surface area contributed by atoms with Gasteiger partial charge in [-0.25, -0.2) is 0 Å². The molecular weight excluding hydrogens is 290 g/mol. The highest BCUT2D eigenvalue weighted by atomic mass is 32.2. The summed E-state index contributed by atoms with van der Waals surface area (Å²) in [6, 6.07) is 9.03. The molecule has 22 heavy (non-hydrogen) atoms. The number of rotatable bonds is 8. The number of thioether (sulfide) groups is 1. The van der Waals surface area contributed by atoms with E-state index in [-0.39, 0.29) is 0 Å². The molecule has 1 aromatic carbocycles. The number of nitrogens with zero attached hydrogens (tertiary/aromatic N) is 1. The van der Waals surface area contributed by atoms with E-state index in [1.807, 2.05) is 11.8 Å². The average Bonchev–Trinajstić information content (AvgIpc) is 3.10. The van der Waals surface area contributed by atoms with E-state index in [1.165, 1.54) is 55.7 Å². The summed E-state index contributed by atoms with van der Waals surface area (Å²) in [5.74, 6) is 0.922. The molecule has 0 bridgehead atoms. The molecule has 1 fully saturated rings. The molecule has 1 heterocycles. The van der Waals surface area contributed by atoms with Crippen molar-refractivity contribution in [1.29, 1.82) is 0 Å². The van der Waals surface area contributed by atoms with Crippen molar-refractivity contribution in [2.24, 2.45) is 0 Å². The fourth-order valence-electron chi connectivity index (χ4n) is 3.07. The van der Waals surface area contributed by atoms with Gasteiger partial charge in [-0.3, -0.25) is 4.90 Å². The highest BCUT2D eigenvalue weighted by molar-refractivity contribution is 8.07. The van der Waals surface area contributed by atoms with Crippen LogP contribution in [0.4, 0.5) is 0 Å². The van der Waals surface area contributed by atoms with Crippen LogP contribution >= 0.6 is 11.8 Å². The number of hydrogen-bond acceptors (Lipinski definition) is 3. The van der Waals surface area contributed by atoms with Crippen LogP contribution in [-0.4, -0.2) is 37.4 Å². The Hall–Kier alpha value is -0.930. The third-order valence-corrected chi connectivity index (χ3v) is 5.21. The summed E-state index contributed by atoms with van der Waals surface area (Å²) in [6.07, 6.45) is 11.2. The minimum atomic E-state index is 0.590. The molecule has 3 heteroatoms. The Kier molecular flexibility index (Phi) is 7.34. The predicted octanol–water partition coefficient (Wildman–Crippen LogP) is 5.05. The second-order valence-corrected chi connectivity index (χ2v) is 6.76. The second kappa shape index (κ2) is 9.26. The van der Waals surface area contributed by atoms with Crippen LogP contribution in [0.2, 0.25) is 0 Å². The van der Waals surface area contributed by atoms with E-state index in [2.05, 4.69) is 48.4 Å². The predicted molar refractivity (Wildman–Crippen MR) is 98.6 cm³/mol. The van der Waals surface area contributed by atoms with Crippen molar-refractivity contribution in [1.82, 2.24) is 4.90 Å². The standard InChI is InChI=1S/C19H29NOS/c1-4-5-8-17(20-13-6-7-14-20)15-19(22-3)16-9-11-18(21-2)12-10-16/h9-12,15,17H,4-8,13-14H2,1-3H3/b19-15-. The summed E-state index contributed by atoms with van der Waals surface area (Å²) < 4.78 is 5.26. The third kappa shape index (κ3) is 4.79. The Morgan fingerprint density at radius 2 is 1.95 bits per heavy atom. The van der Waals surface area contributed by atoms with E-state index >= 15 is 0 Å². The first-order chi connectivity index (χ1) is 10.8. The maximum absolute atomic E-state index is 5.26. The number of ether oxygens (including phenoxy) is 1. The van der Waals surface area contributed by atoms with Gasteiger partial charge in [-0.2, -0.15) is 0 Å². The molecule has 1 aliphatic heterocycles. The van der Waals surface area contributed by atoms with Gasteiger partial charge in [-0.05, 0) is 56.3 Å². The highest BCUT2D eigenvalue weighted by Crippen LogP contribution is 2.29. The maximum atomic E-state index is 5.26. The molecule has 0 spiro atoms. The van der Waals surface area contributed by atoms with E-state index < -0.39 is 0 Å². The van der Waals surface area contributed by atoms with Crippen molar-refractivity contribution in [3.8, 4) is 5.75 Å². The lowest BCUT2D eigenvalue weighted by Gasteiger charge is -2.25. The van der Waals surface area contributed by atoms with Crippen molar-refractivity contribution < 1.29 is 4.74 Å². The minimum absolute atomic E-state index is 0.590. The molecule has 1 aliphatic rings. The van der Waals surface area contributed by atoms with Gasteiger partial charge in [0.05, 0.1) is 7.11 Å². The zero-order valence-electron chi connectivity index (χ0n) is 14.2. The first-order valence-corrected chi connectivity index (χ1v) is 9.65. The zero-order chi connectivity index (χ0) is 15.8. The Bertz CT molecular complexity index is 463. The van der Waals surface area contributed by atoms with Gasteiger partial charge < -0.3 is 4.74 Å². The molecule has 0 saturated carbocycles. The largest absolute Gasteiger partial charge is 0.497 e. The molecule has 2 rings (SSSR count). The molecule has 1 saturated heterocycles. The van der Waals surface area contributed by atoms with Crippen LogP contribution in [0.3, 0.4) is 0 Å². The molecule has 122 valence electrons. The molecule has 0 aromatic heterocycles. The fraction of sp³-hybridized carbons (Fsp3) is 0.579. The molecule has 0 N–H and O–H groups in total. The van der Waals surface area contributed by atoms with Crippen LogP contribution in [-0.2, 0) is 0 Å². The van der Waals surface area contributed by atoms with Crippen LogP contribution < -0.4 is 4.74 Å². The van der Waals surface area contributed by atoms with Gasteiger partial charge in [0.1, 0.15) is 5.75 Å². The second-order valence-electron chi connectivity index (χ2n) is 5.92. The smallest absolute Gasteiger partial charge is 0.118 e. The monoisotopic (exact) mass is 319 g/mol. The summed E-state index contributed by atoms with van der Waals surface area (Å²) in [4.78, 5) is 4.05. The molecule has 0 aliphatic carbocycles. The van der Waals surface area contributed by atoms with Crippen LogP contribution in [0.5, 0.6) is 5.75 Å². The molecule has 1 atom stereocenters. The average molecular weight is 320 g/mol. The third-order valence-electron chi connectivity index (χ3n) is 4.40. The van der Waals surface area contributed by atoms with Crippen molar-refractivity contribution in [2.45, 2.75) is 45.1 Å². The number of unbranched alkanes of at least 4 members (excludes halogenated alkanes) is 1.